The normalized spacial score (nSPS) is 17.2. The highest BCUT2D eigenvalue weighted by atomic mass is 32.2. The van der Waals surface area contributed by atoms with Crippen molar-refractivity contribution >= 4 is 22.9 Å². The maximum Gasteiger partial charge on any atom is 0.360 e. The van der Waals surface area contributed by atoms with Crippen LogP contribution in [0.4, 0.5) is 22.0 Å². The molecule has 0 aliphatic carbocycles. The Hall–Kier alpha value is -2.08. The molecule has 0 atom stereocenters. The maximum absolute atomic E-state index is 13.6. The molecule has 0 nitrogen and oxygen atoms in total. The Balaban J connectivity index is 1.71. The van der Waals surface area contributed by atoms with Gasteiger partial charge in [0.2, 0.25) is 0 Å². The number of fused-ring (bicyclic) bond motifs is 1. The summed E-state index contributed by atoms with van der Waals surface area (Å²) >= 11 is -0.104. The summed E-state index contributed by atoms with van der Waals surface area (Å²) in [5, 5.41) is -4.11. The van der Waals surface area contributed by atoms with E-state index in [1.807, 2.05) is 0 Å². The van der Waals surface area contributed by atoms with E-state index in [-0.39, 0.29) is 28.0 Å². The topological polar surface area (TPSA) is 0 Å². The molecule has 2 aromatic rings. The molecule has 27 heavy (non-hydrogen) atoms. The van der Waals surface area contributed by atoms with E-state index in [4.69, 9.17) is 0 Å². The summed E-state index contributed by atoms with van der Waals surface area (Å²) in [4.78, 5) is 0.159. The summed E-state index contributed by atoms with van der Waals surface area (Å²) in [5.41, 5.74) is 2.92. The van der Waals surface area contributed by atoms with Crippen LogP contribution in [0.15, 0.2) is 60.5 Å². The average molecular weight is 396 g/mol. The van der Waals surface area contributed by atoms with Crippen molar-refractivity contribution in [3.05, 3.63) is 78.1 Å². The SMILES string of the molecule is C=C(CCC(=C)c1ccc2c(c1)CC(F)(F)C(F)(F)S2)c1cccc(F)c1. The van der Waals surface area contributed by atoms with E-state index in [9.17, 15) is 22.0 Å². The summed E-state index contributed by atoms with van der Waals surface area (Å²) in [7, 11) is 0. The van der Waals surface area contributed by atoms with E-state index in [2.05, 4.69) is 13.2 Å². The molecule has 1 aliphatic rings. The molecule has 0 aromatic heterocycles. The lowest BCUT2D eigenvalue weighted by atomic mass is 9.95. The van der Waals surface area contributed by atoms with Gasteiger partial charge in [-0.15, -0.1) is 0 Å². The summed E-state index contributed by atoms with van der Waals surface area (Å²) in [6.07, 6.45) is 0.00956. The number of alkyl halides is 4. The zero-order chi connectivity index (χ0) is 19.8. The van der Waals surface area contributed by atoms with Crippen LogP contribution in [0, 0.1) is 5.82 Å². The summed E-state index contributed by atoms with van der Waals surface area (Å²) in [5.74, 6) is -4.44. The third kappa shape index (κ3) is 4.10. The zero-order valence-corrected chi connectivity index (χ0v) is 15.2. The zero-order valence-electron chi connectivity index (χ0n) is 14.4. The van der Waals surface area contributed by atoms with Gasteiger partial charge in [-0.2, -0.15) is 17.6 Å². The van der Waals surface area contributed by atoms with E-state index < -0.39 is 17.6 Å². The minimum atomic E-state index is -4.11. The molecule has 0 N–H and O–H groups in total. The molecule has 0 saturated heterocycles. The largest absolute Gasteiger partial charge is 0.360 e. The van der Waals surface area contributed by atoms with Crippen LogP contribution in [-0.2, 0) is 6.42 Å². The fourth-order valence-corrected chi connectivity index (χ4v) is 3.79. The molecule has 1 aliphatic heterocycles. The van der Waals surface area contributed by atoms with Crippen molar-refractivity contribution < 1.29 is 22.0 Å². The van der Waals surface area contributed by atoms with Gasteiger partial charge < -0.3 is 0 Å². The van der Waals surface area contributed by atoms with Gasteiger partial charge in [0, 0.05) is 11.3 Å². The van der Waals surface area contributed by atoms with E-state index in [1.54, 1.807) is 18.2 Å². The van der Waals surface area contributed by atoms with Gasteiger partial charge in [-0.3, -0.25) is 0 Å². The smallest absolute Gasteiger partial charge is 0.207 e. The summed E-state index contributed by atoms with van der Waals surface area (Å²) in [6.45, 7) is 7.91. The summed E-state index contributed by atoms with van der Waals surface area (Å²) in [6, 6.07) is 10.6. The number of hydrogen-bond donors (Lipinski definition) is 0. The molecule has 0 amide bonds. The molecule has 0 radical (unpaired) electrons. The second-order valence-electron chi connectivity index (χ2n) is 6.54. The predicted octanol–water partition coefficient (Wildman–Crippen LogP) is 7.21. The molecule has 142 valence electrons. The van der Waals surface area contributed by atoms with Crippen molar-refractivity contribution in [1.29, 1.82) is 0 Å². The van der Waals surface area contributed by atoms with Crippen LogP contribution in [0.5, 0.6) is 0 Å². The van der Waals surface area contributed by atoms with Gasteiger partial charge in [0.25, 0.3) is 0 Å². The van der Waals surface area contributed by atoms with Crippen LogP contribution < -0.4 is 0 Å². The van der Waals surface area contributed by atoms with Crippen LogP contribution in [0.25, 0.3) is 11.1 Å². The van der Waals surface area contributed by atoms with Crippen molar-refractivity contribution in [3.8, 4) is 0 Å². The molecule has 0 saturated carbocycles. The van der Waals surface area contributed by atoms with E-state index in [0.717, 1.165) is 5.57 Å². The molecular weight excluding hydrogens is 379 g/mol. The van der Waals surface area contributed by atoms with Crippen molar-refractivity contribution in [2.75, 3.05) is 0 Å². The molecule has 0 unspecified atom stereocenters. The molecule has 3 rings (SSSR count). The Morgan fingerprint density at radius 2 is 1.56 bits per heavy atom. The lowest BCUT2D eigenvalue weighted by Gasteiger charge is -2.31. The van der Waals surface area contributed by atoms with Crippen molar-refractivity contribution in [2.45, 2.75) is 35.3 Å². The number of thioether (sulfide) groups is 1. The fourth-order valence-electron chi connectivity index (χ4n) is 2.89. The first-order chi connectivity index (χ1) is 12.6. The number of benzene rings is 2. The number of hydrogen-bond acceptors (Lipinski definition) is 1. The Morgan fingerprint density at radius 3 is 2.19 bits per heavy atom. The average Bonchev–Trinajstić information content (AvgIpc) is 2.59. The third-order valence-corrected chi connectivity index (χ3v) is 5.68. The predicted molar refractivity (Wildman–Crippen MR) is 99.6 cm³/mol. The maximum atomic E-state index is 13.6. The lowest BCUT2D eigenvalue weighted by molar-refractivity contribution is -0.153. The monoisotopic (exact) mass is 396 g/mol. The van der Waals surface area contributed by atoms with Crippen LogP contribution in [0.2, 0.25) is 0 Å². The minimum absolute atomic E-state index is 0.104. The van der Waals surface area contributed by atoms with Gasteiger partial charge in [-0.25, -0.2) is 4.39 Å². The Kier molecular flexibility index (Phi) is 5.21. The van der Waals surface area contributed by atoms with Gasteiger partial charge in [0.05, 0.1) is 0 Å². The molecule has 0 bridgehead atoms. The molecule has 1 heterocycles. The van der Waals surface area contributed by atoms with Gasteiger partial charge >= 0.3 is 11.2 Å². The fraction of sp³-hybridized carbons (Fsp3) is 0.238. The van der Waals surface area contributed by atoms with Crippen molar-refractivity contribution in [3.63, 3.8) is 0 Å². The van der Waals surface area contributed by atoms with Crippen LogP contribution in [-0.4, -0.2) is 11.2 Å². The first-order valence-corrected chi connectivity index (χ1v) is 9.10. The van der Waals surface area contributed by atoms with E-state index >= 15 is 0 Å². The van der Waals surface area contributed by atoms with E-state index in [1.165, 1.54) is 24.3 Å². The first kappa shape index (κ1) is 19.7. The molecule has 0 fully saturated rings. The number of rotatable bonds is 5. The third-order valence-electron chi connectivity index (χ3n) is 4.51. The Labute approximate surface area is 158 Å². The second-order valence-corrected chi connectivity index (χ2v) is 7.70. The standard InChI is InChI=1S/C21H17F5S/c1-13(15-4-3-5-18(22)11-15)6-7-14(2)16-8-9-19-17(10-16)12-20(23,24)21(25,26)27-19/h3-5,8-11H,1-2,6-7,12H2. The molecular formula is C21H17F5S. The molecule has 2 aromatic carbocycles. The highest BCUT2D eigenvalue weighted by molar-refractivity contribution is 8.00. The second kappa shape index (κ2) is 7.15. The van der Waals surface area contributed by atoms with Gasteiger partial charge in [0.1, 0.15) is 5.82 Å². The quantitative estimate of drug-likeness (QED) is 0.481. The molecule has 0 spiro atoms. The highest BCUT2D eigenvalue weighted by Gasteiger charge is 2.59. The Morgan fingerprint density at radius 1 is 0.926 bits per heavy atom. The van der Waals surface area contributed by atoms with Crippen LogP contribution >= 0.6 is 11.8 Å². The van der Waals surface area contributed by atoms with Crippen LogP contribution in [0.1, 0.15) is 29.5 Å². The van der Waals surface area contributed by atoms with Crippen molar-refractivity contribution in [2.24, 2.45) is 0 Å². The minimum Gasteiger partial charge on any atom is -0.207 e. The van der Waals surface area contributed by atoms with Gasteiger partial charge in [-0.05, 0) is 70.6 Å². The van der Waals surface area contributed by atoms with Crippen molar-refractivity contribution in [1.82, 2.24) is 0 Å². The summed E-state index contributed by atoms with van der Waals surface area (Å²) < 4.78 is 67.5. The number of allylic oxidation sites excluding steroid dienone is 2. The van der Waals surface area contributed by atoms with Gasteiger partial charge in [0.15, 0.2) is 0 Å². The van der Waals surface area contributed by atoms with E-state index in [0.29, 0.717) is 29.5 Å². The lowest BCUT2D eigenvalue weighted by Crippen LogP contribution is -2.42. The Bertz CT molecular complexity index is 901. The molecule has 6 heteroatoms. The highest BCUT2D eigenvalue weighted by Crippen LogP contribution is 2.53. The number of halogens is 5. The van der Waals surface area contributed by atoms with Gasteiger partial charge in [-0.1, -0.05) is 37.4 Å². The first-order valence-electron chi connectivity index (χ1n) is 8.28. The van der Waals surface area contributed by atoms with Crippen LogP contribution in [0.3, 0.4) is 0 Å².